The van der Waals surface area contributed by atoms with Crippen molar-refractivity contribution in [1.82, 2.24) is 19.1 Å². The van der Waals surface area contributed by atoms with Crippen molar-refractivity contribution in [1.29, 1.82) is 0 Å². The minimum Gasteiger partial charge on any atom is -0.296 e. The van der Waals surface area contributed by atoms with E-state index in [0.717, 1.165) is 5.69 Å². The zero-order valence-corrected chi connectivity index (χ0v) is 14.9. The minimum atomic E-state index is -1.34. The molecule has 0 aliphatic heterocycles. The van der Waals surface area contributed by atoms with E-state index in [4.69, 9.17) is 0 Å². The van der Waals surface area contributed by atoms with Crippen molar-refractivity contribution in [3.05, 3.63) is 58.5 Å². The van der Waals surface area contributed by atoms with Gasteiger partial charge in [-0.25, -0.2) is 19.2 Å². The molecule has 0 saturated heterocycles. The molecule has 3 aromatic rings. The zero-order chi connectivity index (χ0) is 18.1. The monoisotopic (exact) mass is 360 g/mol. The van der Waals surface area contributed by atoms with Crippen LogP contribution >= 0.6 is 0 Å². The highest BCUT2D eigenvalue weighted by atomic mass is 32.2. The summed E-state index contributed by atoms with van der Waals surface area (Å²) in [5, 5.41) is 0.194. The van der Waals surface area contributed by atoms with E-state index in [0.29, 0.717) is 23.6 Å². The predicted octanol–water partition coefficient (Wildman–Crippen LogP) is 2.30. The summed E-state index contributed by atoms with van der Waals surface area (Å²) in [4.78, 5) is 21.2. The molecule has 130 valence electrons. The summed E-state index contributed by atoms with van der Waals surface area (Å²) >= 11 is 0. The SMILES string of the molecule is CCn1c(C)c(-c2ccnc(S(C)=O)n2)n(-c2ccc(F)cc2)c1=O. The molecule has 0 aliphatic carbocycles. The largest absolute Gasteiger partial charge is 0.333 e. The van der Waals surface area contributed by atoms with Crippen molar-refractivity contribution in [2.45, 2.75) is 25.5 Å². The molecule has 1 aromatic carbocycles. The minimum absolute atomic E-state index is 0.194. The molecule has 0 spiro atoms. The van der Waals surface area contributed by atoms with E-state index >= 15 is 0 Å². The van der Waals surface area contributed by atoms with Gasteiger partial charge in [-0.1, -0.05) is 0 Å². The van der Waals surface area contributed by atoms with Crippen LogP contribution in [0.1, 0.15) is 12.6 Å². The molecular formula is C17H17FN4O2S. The fourth-order valence-corrected chi connectivity index (χ4v) is 3.20. The lowest BCUT2D eigenvalue weighted by Crippen LogP contribution is -2.23. The summed E-state index contributed by atoms with van der Waals surface area (Å²) in [7, 11) is -1.34. The second kappa shape index (κ2) is 6.72. The number of hydrogen-bond acceptors (Lipinski definition) is 4. The van der Waals surface area contributed by atoms with Crippen LogP contribution in [0.25, 0.3) is 17.1 Å². The van der Waals surface area contributed by atoms with Crippen LogP contribution in [0, 0.1) is 12.7 Å². The van der Waals surface area contributed by atoms with Gasteiger partial charge in [-0.2, -0.15) is 0 Å². The number of benzene rings is 1. The number of imidazole rings is 1. The smallest absolute Gasteiger partial charge is 0.296 e. The zero-order valence-electron chi connectivity index (χ0n) is 14.1. The molecule has 0 radical (unpaired) electrons. The maximum absolute atomic E-state index is 13.3. The summed E-state index contributed by atoms with van der Waals surface area (Å²) in [5.74, 6) is -0.379. The summed E-state index contributed by atoms with van der Waals surface area (Å²) in [6, 6.07) is 7.35. The van der Waals surface area contributed by atoms with Gasteiger partial charge in [0.15, 0.2) is 0 Å². The van der Waals surface area contributed by atoms with Crippen molar-refractivity contribution < 1.29 is 8.60 Å². The molecule has 1 atom stereocenters. The third-order valence-electron chi connectivity index (χ3n) is 3.93. The molecule has 0 N–H and O–H groups in total. The van der Waals surface area contributed by atoms with Gasteiger partial charge in [-0.15, -0.1) is 0 Å². The van der Waals surface area contributed by atoms with E-state index in [1.807, 2.05) is 13.8 Å². The molecule has 25 heavy (non-hydrogen) atoms. The van der Waals surface area contributed by atoms with Crippen LogP contribution in [0.4, 0.5) is 4.39 Å². The average Bonchev–Trinajstić information content (AvgIpc) is 2.86. The first-order chi connectivity index (χ1) is 11.9. The molecule has 0 saturated carbocycles. The van der Waals surface area contributed by atoms with Gasteiger partial charge in [0.25, 0.3) is 0 Å². The second-order valence-electron chi connectivity index (χ2n) is 5.45. The molecular weight excluding hydrogens is 343 g/mol. The van der Waals surface area contributed by atoms with Crippen LogP contribution in [0.3, 0.4) is 0 Å². The van der Waals surface area contributed by atoms with E-state index < -0.39 is 10.8 Å². The highest BCUT2D eigenvalue weighted by Crippen LogP contribution is 2.24. The Morgan fingerprint density at radius 1 is 1.20 bits per heavy atom. The highest BCUT2D eigenvalue weighted by molar-refractivity contribution is 7.84. The molecule has 0 fully saturated rings. The summed E-state index contributed by atoms with van der Waals surface area (Å²) in [5.41, 5.74) is 2.09. The van der Waals surface area contributed by atoms with Crippen molar-refractivity contribution in [2.75, 3.05) is 6.26 Å². The van der Waals surface area contributed by atoms with Gasteiger partial charge >= 0.3 is 5.69 Å². The first-order valence-corrected chi connectivity index (χ1v) is 9.24. The highest BCUT2D eigenvalue weighted by Gasteiger charge is 2.20. The van der Waals surface area contributed by atoms with E-state index in [-0.39, 0.29) is 16.7 Å². The Morgan fingerprint density at radius 3 is 2.48 bits per heavy atom. The van der Waals surface area contributed by atoms with Gasteiger partial charge in [0.1, 0.15) is 5.82 Å². The quantitative estimate of drug-likeness (QED) is 0.670. The van der Waals surface area contributed by atoms with Crippen LogP contribution in [-0.4, -0.2) is 29.6 Å². The standard InChI is InChI=1S/C17H17FN4O2S/c1-4-21-11(2)15(14-9-10-19-16(20-14)25(3)24)22(17(21)23)13-7-5-12(18)6-8-13/h5-10H,4H2,1-3H3. The van der Waals surface area contributed by atoms with Crippen molar-refractivity contribution >= 4 is 10.8 Å². The van der Waals surface area contributed by atoms with Crippen LogP contribution < -0.4 is 5.69 Å². The number of nitrogens with zero attached hydrogens (tertiary/aromatic N) is 4. The first kappa shape index (κ1) is 17.2. The number of hydrogen-bond donors (Lipinski definition) is 0. The summed E-state index contributed by atoms with van der Waals surface area (Å²) in [6.07, 6.45) is 3.01. The third-order valence-corrected chi connectivity index (χ3v) is 4.64. The summed E-state index contributed by atoms with van der Waals surface area (Å²) < 4.78 is 28.1. The molecule has 0 amide bonds. The van der Waals surface area contributed by atoms with Crippen LogP contribution in [0.2, 0.25) is 0 Å². The number of halogens is 1. The predicted molar refractivity (Wildman–Crippen MR) is 93.8 cm³/mol. The maximum Gasteiger partial charge on any atom is 0.333 e. The van der Waals surface area contributed by atoms with E-state index in [2.05, 4.69) is 9.97 Å². The van der Waals surface area contributed by atoms with E-state index in [1.165, 1.54) is 29.2 Å². The summed E-state index contributed by atoms with van der Waals surface area (Å²) in [6.45, 7) is 4.19. The van der Waals surface area contributed by atoms with Gasteiger partial charge in [0.2, 0.25) is 5.16 Å². The van der Waals surface area contributed by atoms with Crippen LogP contribution in [-0.2, 0) is 17.3 Å². The lowest BCUT2D eigenvalue weighted by molar-refractivity contribution is 0.627. The molecule has 6 nitrogen and oxygen atoms in total. The van der Waals surface area contributed by atoms with Gasteiger partial charge in [-0.05, 0) is 44.2 Å². The third kappa shape index (κ3) is 3.05. The Hall–Kier alpha value is -2.61. The fraction of sp³-hybridized carbons (Fsp3) is 0.235. The van der Waals surface area contributed by atoms with Gasteiger partial charge in [-0.3, -0.25) is 13.3 Å². The van der Waals surface area contributed by atoms with Crippen molar-refractivity contribution in [2.24, 2.45) is 0 Å². The van der Waals surface area contributed by atoms with Crippen LogP contribution in [0.5, 0.6) is 0 Å². The lowest BCUT2D eigenvalue weighted by atomic mass is 10.2. The molecule has 0 bridgehead atoms. The Balaban J connectivity index is 2.33. The lowest BCUT2D eigenvalue weighted by Gasteiger charge is -2.08. The van der Waals surface area contributed by atoms with Gasteiger partial charge in [0.05, 0.1) is 27.9 Å². The topological polar surface area (TPSA) is 69.8 Å². The van der Waals surface area contributed by atoms with E-state index in [1.54, 1.807) is 22.8 Å². The van der Waals surface area contributed by atoms with E-state index in [9.17, 15) is 13.4 Å². The molecule has 1 unspecified atom stereocenters. The molecule has 3 rings (SSSR count). The number of rotatable bonds is 4. The normalized spacial score (nSPS) is 12.3. The van der Waals surface area contributed by atoms with Crippen LogP contribution in [0.15, 0.2) is 46.5 Å². The van der Waals surface area contributed by atoms with Gasteiger partial charge < -0.3 is 0 Å². The first-order valence-electron chi connectivity index (χ1n) is 7.69. The average molecular weight is 360 g/mol. The second-order valence-corrected chi connectivity index (χ2v) is 6.72. The molecule has 8 heteroatoms. The number of aromatic nitrogens is 4. The molecule has 2 heterocycles. The maximum atomic E-state index is 13.3. The van der Waals surface area contributed by atoms with Crippen molar-refractivity contribution in [3.63, 3.8) is 0 Å². The molecule has 0 aliphatic rings. The Bertz CT molecular complexity index is 1010. The van der Waals surface area contributed by atoms with Gasteiger partial charge in [0, 0.05) is 24.7 Å². The Morgan fingerprint density at radius 2 is 1.88 bits per heavy atom. The Labute approximate surface area is 146 Å². The molecule has 2 aromatic heterocycles. The Kier molecular flexibility index (Phi) is 4.63. The fourth-order valence-electron chi connectivity index (χ4n) is 2.76. The van der Waals surface area contributed by atoms with Crippen molar-refractivity contribution in [3.8, 4) is 17.1 Å².